The number of unbranched alkanes of at least 4 members (excludes halogenated alkanes) is 2. The molecule has 1 aliphatic heterocycles. The maximum absolute atomic E-state index is 12.8. The zero-order chi connectivity index (χ0) is 36.9. The third-order valence-corrected chi connectivity index (χ3v) is 7.18. The predicted molar refractivity (Wildman–Crippen MR) is 164 cm³/mol. The summed E-state index contributed by atoms with van der Waals surface area (Å²) in [6.45, 7) is 3.46. The fourth-order valence-electron chi connectivity index (χ4n) is 4.55. The molecule has 1 fully saturated rings. The Labute approximate surface area is 276 Å². The fraction of sp³-hybridized carbons (Fsp3) is 0.484. The number of alkyl halides is 6. The average molecular weight is 706 g/mol. The van der Waals surface area contributed by atoms with Crippen LogP contribution in [-0.2, 0) is 19.2 Å². The summed E-state index contributed by atoms with van der Waals surface area (Å²) >= 11 is 0. The number of para-hydroxylation sites is 1. The number of carbonyl (C=O) groups is 4. The van der Waals surface area contributed by atoms with E-state index in [1.54, 1.807) is 13.3 Å². The van der Waals surface area contributed by atoms with Crippen molar-refractivity contribution >= 4 is 34.5 Å². The summed E-state index contributed by atoms with van der Waals surface area (Å²) in [7, 11) is 3.63. The number of pyridine rings is 1. The molecule has 2 aromatic heterocycles. The monoisotopic (exact) mass is 705 g/mol. The Morgan fingerprint density at radius 2 is 1.61 bits per heavy atom. The number of Topliss-reactive ketones (excluding diaryl/α,β-unsaturated/α-hetero) is 1. The van der Waals surface area contributed by atoms with Crippen LogP contribution in [0.1, 0.15) is 57.3 Å². The molecule has 0 unspecified atom stereocenters. The number of H-pyrrole nitrogens is 1. The maximum Gasteiger partial charge on any atom is 0.490 e. The minimum Gasteiger partial charge on any atom is -0.480 e. The van der Waals surface area contributed by atoms with E-state index in [2.05, 4.69) is 25.2 Å². The topological polar surface area (TPSA) is 175 Å². The van der Waals surface area contributed by atoms with Crippen molar-refractivity contribution in [3.63, 3.8) is 0 Å². The van der Waals surface area contributed by atoms with Crippen molar-refractivity contribution < 1.29 is 60.5 Å². The van der Waals surface area contributed by atoms with Crippen LogP contribution in [0.2, 0.25) is 0 Å². The quantitative estimate of drug-likeness (QED) is 0.138. The number of ether oxygens (including phenoxy) is 1. The zero-order valence-corrected chi connectivity index (χ0v) is 26.8. The van der Waals surface area contributed by atoms with Crippen molar-refractivity contribution in [2.75, 3.05) is 27.2 Å². The van der Waals surface area contributed by atoms with E-state index in [4.69, 9.17) is 24.5 Å². The normalized spacial score (nSPS) is 14.0. The number of rotatable bonds is 12. The number of amides is 1. The molecule has 4 N–H and O–H groups in total. The van der Waals surface area contributed by atoms with Gasteiger partial charge in [-0.25, -0.2) is 19.6 Å². The number of ketones is 1. The molecule has 3 heterocycles. The first-order valence-corrected chi connectivity index (χ1v) is 15.0. The minimum absolute atomic E-state index is 0.0175. The number of hydrogen-bond acceptors (Lipinski definition) is 8. The Bertz CT molecular complexity index is 1550. The fourth-order valence-corrected chi connectivity index (χ4v) is 4.55. The molecule has 18 heteroatoms. The second-order valence-electron chi connectivity index (χ2n) is 11.0. The molecule has 1 atom stereocenters. The van der Waals surface area contributed by atoms with Crippen molar-refractivity contribution in [1.29, 1.82) is 0 Å². The van der Waals surface area contributed by atoms with Crippen molar-refractivity contribution in [2.45, 2.75) is 63.8 Å². The lowest BCUT2D eigenvalue weighted by Crippen LogP contribution is -2.52. The highest BCUT2D eigenvalue weighted by Crippen LogP contribution is 2.32. The van der Waals surface area contributed by atoms with Crippen LogP contribution >= 0.6 is 0 Å². The van der Waals surface area contributed by atoms with Gasteiger partial charge < -0.3 is 30.2 Å². The number of nitrogens with zero attached hydrogens (tertiary/aromatic N) is 3. The molecular weight excluding hydrogens is 668 g/mol. The third-order valence-electron chi connectivity index (χ3n) is 7.18. The molecule has 0 saturated carbocycles. The molecule has 1 saturated heterocycles. The van der Waals surface area contributed by atoms with Gasteiger partial charge in [-0.05, 0) is 32.0 Å². The van der Waals surface area contributed by atoms with Gasteiger partial charge in [-0.1, -0.05) is 38.0 Å². The summed E-state index contributed by atoms with van der Waals surface area (Å²) in [6.07, 6.45) is -3.68. The Hall–Kier alpha value is -4.74. The largest absolute Gasteiger partial charge is 0.490 e. The van der Waals surface area contributed by atoms with Crippen LogP contribution in [0.15, 0.2) is 36.5 Å². The molecular formula is C31H37F6N5O7. The van der Waals surface area contributed by atoms with Crippen LogP contribution in [0.25, 0.3) is 22.2 Å². The summed E-state index contributed by atoms with van der Waals surface area (Å²) < 4.78 is 69.0. The SMILES string of the molecule is CCC(=O)CCCCC[C@H](NC(=O)C1CN(C)C1)c1ncc(-c2cc3ccccc3nc2OC)[nH]1.O=C(O)C(F)(F)F.O=C(O)C(F)(F)F. The molecule has 49 heavy (non-hydrogen) atoms. The first-order valence-electron chi connectivity index (χ1n) is 15.0. The van der Waals surface area contributed by atoms with Gasteiger partial charge in [0, 0.05) is 31.3 Å². The summed E-state index contributed by atoms with van der Waals surface area (Å²) in [4.78, 5) is 57.1. The molecule has 3 aromatic rings. The first kappa shape index (κ1) is 40.4. The van der Waals surface area contributed by atoms with Crippen LogP contribution in [0.5, 0.6) is 5.88 Å². The Morgan fingerprint density at radius 1 is 1.02 bits per heavy atom. The highest BCUT2D eigenvalue weighted by molar-refractivity contribution is 5.85. The second-order valence-corrected chi connectivity index (χ2v) is 11.0. The summed E-state index contributed by atoms with van der Waals surface area (Å²) in [6, 6.07) is 9.73. The molecule has 0 spiro atoms. The molecule has 4 rings (SSSR count). The van der Waals surface area contributed by atoms with Gasteiger partial charge in [0.2, 0.25) is 11.8 Å². The van der Waals surface area contributed by atoms with Gasteiger partial charge in [0.1, 0.15) is 11.6 Å². The highest BCUT2D eigenvalue weighted by Gasteiger charge is 2.39. The lowest BCUT2D eigenvalue weighted by Gasteiger charge is -2.35. The van der Waals surface area contributed by atoms with Crippen molar-refractivity contribution in [1.82, 2.24) is 25.2 Å². The lowest BCUT2D eigenvalue weighted by atomic mass is 9.98. The smallest absolute Gasteiger partial charge is 0.480 e. The van der Waals surface area contributed by atoms with Crippen molar-refractivity contribution in [3.8, 4) is 17.1 Å². The van der Waals surface area contributed by atoms with Gasteiger partial charge in [0.05, 0.1) is 42.0 Å². The Kier molecular flexibility index (Phi) is 15.0. The zero-order valence-electron chi connectivity index (χ0n) is 26.8. The van der Waals surface area contributed by atoms with Gasteiger partial charge in [-0.2, -0.15) is 26.3 Å². The number of imidazole rings is 1. The van der Waals surface area contributed by atoms with Crippen LogP contribution in [0.3, 0.4) is 0 Å². The van der Waals surface area contributed by atoms with Crippen molar-refractivity contribution in [3.05, 3.63) is 42.4 Å². The number of methoxy groups -OCH3 is 1. The maximum atomic E-state index is 12.8. The number of aromatic amines is 1. The molecule has 270 valence electrons. The van der Waals surface area contributed by atoms with E-state index in [-0.39, 0.29) is 17.9 Å². The van der Waals surface area contributed by atoms with Crippen LogP contribution < -0.4 is 10.1 Å². The van der Waals surface area contributed by atoms with Gasteiger partial charge in [-0.15, -0.1) is 0 Å². The van der Waals surface area contributed by atoms with Gasteiger partial charge in [0.15, 0.2) is 0 Å². The number of aromatic nitrogens is 3. The number of halogens is 6. The first-order chi connectivity index (χ1) is 22.9. The summed E-state index contributed by atoms with van der Waals surface area (Å²) in [5.41, 5.74) is 2.49. The summed E-state index contributed by atoms with van der Waals surface area (Å²) in [5, 5.41) is 18.5. The highest BCUT2D eigenvalue weighted by atomic mass is 19.4. The lowest BCUT2D eigenvalue weighted by molar-refractivity contribution is -0.193. The van der Waals surface area contributed by atoms with Gasteiger partial charge in [-0.3, -0.25) is 9.59 Å². The number of carboxylic acids is 2. The number of nitrogens with one attached hydrogen (secondary N) is 2. The van der Waals surface area contributed by atoms with Crippen LogP contribution in [0, 0.1) is 5.92 Å². The van der Waals surface area contributed by atoms with E-state index < -0.39 is 24.3 Å². The van der Waals surface area contributed by atoms with E-state index in [0.717, 1.165) is 66.8 Å². The van der Waals surface area contributed by atoms with E-state index in [1.807, 2.05) is 44.3 Å². The Morgan fingerprint density at radius 3 is 2.14 bits per heavy atom. The number of carboxylic acid groups (broad SMARTS) is 2. The molecule has 12 nitrogen and oxygen atoms in total. The van der Waals surface area contributed by atoms with Crippen molar-refractivity contribution in [2.24, 2.45) is 5.92 Å². The number of likely N-dealkylation sites (tertiary alicyclic amines) is 1. The van der Waals surface area contributed by atoms with E-state index in [1.165, 1.54) is 0 Å². The average Bonchev–Trinajstić information content (AvgIpc) is 3.51. The van der Waals surface area contributed by atoms with Gasteiger partial charge in [0.25, 0.3) is 0 Å². The number of aliphatic carboxylic acids is 2. The number of carbonyl (C=O) groups excluding carboxylic acids is 2. The van der Waals surface area contributed by atoms with Gasteiger partial charge >= 0.3 is 24.3 Å². The number of hydrogen-bond donors (Lipinski definition) is 4. The standard InChI is InChI=1S/C27H35N5O3.2C2HF3O2/c1-4-20(33)11-6-5-7-13-23(30-26(34)19-16-32(2)17-19)25-28-15-24(29-25)21-14-18-10-8-9-12-22(18)31-27(21)35-3;2*3-2(4,5)1(6)7/h8-10,12,14-15,19,23H,4-7,11,13,16-17H2,1-3H3,(H,28,29)(H,30,34);2*(H,6,7)/t23-;;/m0../s1. The molecule has 1 amide bonds. The number of fused-ring (bicyclic) bond motifs is 1. The van der Waals surface area contributed by atoms with Crippen LogP contribution in [0.4, 0.5) is 26.3 Å². The van der Waals surface area contributed by atoms with E-state index in [0.29, 0.717) is 24.5 Å². The summed E-state index contributed by atoms with van der Waals surface area (Å²) in [5.74, 6) is -3.88. The van der Waals surface area contributed by atoms with E-state index >= 15 is 0 Å². The third kappa shape index (κ3) is 13.0. The second kappa shape index (κ2) is 18.1. The Balaban J connectivity index is 0.000000500. The molecule has 1 aliphatic rings. The van der Waals surface area contributed by atoms with E-state index in [9.17, 15) is 35.9 Å². The molecule has 0 aliphatic carbocycles. The predicted octanol–water partition coefficient (Wildman–Crippen LogP) is 5.55. The van der Waals surface area contributed by atoms with Crippen LogP contribution in [-0.4, -0.2) is 93.3 Å². The number of benzene rings is 1. The molecule has 1 aromatic carbocycles. The molecule has 0 bridgehead atoms. The molecule has 0 radical (unpaired) electrons. The minimum atomic E-state index is -5.08.